The number of rotatable bonds is 1. The van der Waals surface area contributed by atoms with Crippen LogP contribution in [-0.2, 0) is 4.84 Å². The minimum atomic E-state index is -0.214. The molecule has 1 N–H and O–H groups in total. The SMILES string of the molecule is CNC(=O)N1OC1c1ccccc1. The van der Waals surface area contributed by atoms with Crippen LogP contribution in [0, 0.1) is 0 Å². The molecule has 0 radical (unpaired) electrons. The maximum absolute atomic E-state index is 11.0. The molecular formula is C9H10N2O2. The molecule has 2 amide bonds. The fourth-order valence-corrected chi connectivity index (χ4v) is 1.16. The van der Waals surface area contributed by atoms with Gasteiger partial charge in [-0.3, -0.25) is 0 Å². The molecule has 1 aliphatic rings. The van der Waals surface area contributed by atoms with Crippen molar-refractivity contribution in [1.82, 2.24) is 10.4 Å². The van der Waals surface area contributed by atoms with Crippen molar-refractivity contribution in [3.8, 4) is 0 Å². The number of nitrogens with zero attached hydrogens (tertiary/aromatic N) is 1. The molecular weight excluding hydrogens is 168 g/mol. The molecule has 13 heavy (non-hydrogen) atoms. The van der Waals surface area contributed by atoms with Crippen LogP contribution in [0.15, 0.2) is 30.3 Å². The zero-order valence-corrected chi connectivity index (χ0v) is 7.23. The van der Waals surface area contributed by atoms with Gasteiger partial charge in [-0.2, -0.15) is 5.06 Å². The molecule has 0 saturated carbocycles. The molecule has 1 saturated heterocycles. The number of hydroxylamine groups is 2. The Bertz CT molecular complexity index is 313. The van der Waals surface area contributed by atoms with E-state index in [-0.39, 0.29) is 12.3 Å². The Kier molecular flexibility index (Phi) is 1.90. The molecule has 0 aliphatic carbocycles. The van der Waals surface area contributed by atoms with Crippen molar-refractivity contribution in [1.29, 1.82) is 0 Å². The first-order valence-corrected chi connectivity index (χ1v) is 4.05. The van der Waals surface area contributed by atoms with Crippen LogP contribution >= 0.6 is 0 Å². The fraction of sp³-hybridized carbons (Fsp3) is 0.222. The lowest BCUT2D eigenvalue weighted by Gasteiger charge is -1.96. The topological polar surface area (TPSA) is 44.6 Å². The Morgan fingerprint density at radius 2 is 2.15 bits per heavy atom. The summed E-state index contributed by atoms with van der Waals surface area (Å²) in [6.45, 7) is 0. The molecule has 1 unspecified atom stereocenters. The summed E-state index contributed by atoms with van der Waals surface area (Å²) in [5, 5.41) is 3.79. The molecule has 0 bridgehead atoms. The lowest BCUT2D eigenvalue weighted by molar-refractivity contribution is 0.179. The van der Waals surface area contributed by atoms with Crippen molar-refractivity contribution >= 4 is 6.03 Å². The van der Waals surface area contributed by atoms with Crippen LogP contribution < -0.4 is 5.32 Å². The van der Waals surface area contributed by atoms with Crippen molar-refractivity contribution in [3.63, 3.8) is 0 Å². The van der Waals surface area contributed by atoms with Crippen LogP contribution in [0.5, 0.6) is 0 Å². The van der Waals surface area contributed by atoms with Gasteiger partial charge >= 0.3 is 6.03 Å². The molecule has 2 rings (SSSR count). The Morgan fingerprint density at radius 1 is 1.46 bits per heavy atom. The Hall–Kier alpha value is -1.55. The van der Waals surface area contributed by atoms with E-state index < -0.39 is 0 Å². The van der Waals surface area contributed by atoms with Gasteiger partial charge in [0.1, 0.15) is 0 Å². The van der Waals surface area contributed by atoms with E-state index in [1.807, 2.05) is 30.3 Å². The van der Waals surface area contributed by atoms with Gasteiger partial charge in [-0.05, 0) is 0 Å². The van der Waals surface area contributed by atoms with E-state index in [9.17, 15) is 4.79 Å². The Labute approximate surface area is 76.1 Å². The van der Waals surface area contributed by atoms with Gasteiger partial charge < -0.3 is 5.32 Å². The number of nitrogens with one attached hydrogen (secondary N) is 1. The normalized spacial score (nSPS) is 19.8. The number of amides is 2. The standard InChI is InChI=1S/C9H10N2O2/c1-10-9(12)11-8(13-11)7-5-3-2-4-6-7/h2-6,8H,1H3,(H,10,12). The summed E-state index contributed by atoms with van der Waals surface area (Å²) in [6.07, 6.45) is -0.207. The van der Waals surface area contributed by atoms with Crippen LogP contribution in [0.3, 0.4) is 0 Å². The van der Waals surface area contributed by atoms with Gasteiger partial charge in [0.05, 0.1) is 0 Å². The first-order chi connectivity index (χ1) is 6.33. The van der Waals surface area contributed by atoms with E-state index in [0.29, 0.717) is 0 Å². The van der Waals surface area contributed by atoms with Gasteiger partial charge in [0.25, 0.3) is 0 Å². The smallest absolute Gasteiger partial charge is 0.339 e. The predicted octanol–water partition coefficient (Wildman–Crippen LogP) is 1.27. The fourth-order valence-electron chi connectivity index (χ4n) is 1.16. The van der Waals surface area contributed by atoms with Crippen molar-refractivity contribution in [2.24, 2.45) is 0 Å². The summed E-state index contributed by atoms with van der Waals surface area (Å²) in [5.74, 6) is 0. The molecule has 1 aliphatic heterocycles. The number of hydrogen-bond donors (Lipinski definition) is 1. The average molecular weight is 178 g/mol. The summed E-state index contributed by atoms with van der Waals surface area (Å²) in [7, 11) is 1.58. The third-order valence-corrected chi connectivity index (χ3v) is 1.88. The minimum absolute atomic E-state index is 0.207. The highest BCUT2D eigenvalue weighted by atomic mass is 16.8. The van der Waals surface area contributed by atoms with Gasteiger partial charge in [0.2, 0.25) is 6.23 Å². The van der Waals surface area contributed by atoms with Crippen molar-refractivity contribution < 1.29 is 9.63 Å². The zero-order valence-electron chi connectivity index (χ0n) is 7.23. The molecule has 0 aromatic heterocycles. The summed E-state index contributed by atoms with van der Waals surface area (Å²) in [4.78, 5) is 16.1. The van der Waals surface area contributed by atoms with E-state index in [1.165, 1.54) is 5.06 Å². The van der Waals surface area contributed by atoms with Crippen molar-refractivity contribution in [3.05, 3.63) is 35.9 Å². The number of hydrogen-bond acceptors (Lipinski definition) is 2. The highest BCUT2D eigenvalue weighted by molar-refractivity contribution is 5.74. The molecule has 4 nitrogen and oxygen atoms in total. The molecule has 1 atom stereocenters. The molecule has 68 valence electrons. The largest absolute Gasteiger partial charge is 0.344 e. The van der Waals surface area contributed by atoms with E-state index >= 15 is 0 Å². The zero-order chi connectivity index (χ0) is 9.26. The van der Waals surface area contributed by atoms with E-state index in [0.717, 1.165) is 5.56 Å². The predicted molar refractivity (Wildman–Crippen MR) is 46.6 cm³/mol. The first-order valence-electron chi connectivity index (χ1n) is 4.05. The number of urea groups is 1. The quantitative estimate of drug-likeness (QED) is 0.658. The second kappa shape index (κ2) is 3.06. The molecule has 1 fully saturated rings. The van der Waals surface area contributed by atoms with E-state index in [4.69, 9.17) is 4.84 Å². The Balaban J connectivity index is 2.04. The summed E-state index contributed by atoms with van der Waals surface area (Å²) < 4.78 is 0. The third kappa shape index (κ3) is 1.48. The first kappa shape index (κ1) is 8.07. The summed E-state index contributed by atoms with van der Waals surface area (Å²) in [6, 6.07) is 9.39. The number of carbonyl (C=O) groups is 1. The maximum Gasteiger partial charge on any atom is 0.344 e. The third-order valence-electron chi connectivity index (χ3n) is 1.88. The second-order valence-electron chi connectivity index (χ2n) is 2.75. The van der Waals surface area contributed by atoms with Crippen LogP contribution in [0.2, 0.25) is 0 Å². The van der Waals surface area contributed by atoms with E-state index in [2.05, 4.69) is 5.32 Å². The minimum Gasteiger partial charge on any atom is -0.339 e. The lowest BCUT2D eigenvalue weighted by Crippen LogP contribution is -2.24. The Morgan fingerprint density at radius 3 is 2.77 bits per heavy atom. The summed E-state index contributed by atoms with van der Waals surface area (Å²) >= 11 is 0. The van der Waals surface area contributed by atoms with Gasteiger partial charge in [0.15, 0.2) is 0 Å². The van der Waals surface area contributed by atoms with Crippen LogP contribution in [0.1, 0.15) is 11.8 Å². The van der Waals surface area contributed by atoms with Crippen molar-refractivity contribution in [2.45, 2.75) is 6.23 Å². The lowest BCUT2D eigenvalue weighted by atomic mass is 10.2. The highest BCUT2D eigenvalue weighted by Gasteiger charge is 2.42. The van der Waals surface area contributed by atoms with Crippen LogP contribution in [0.25, 0.3) is 0 Å². The summed E-state index contributed by atoms with van der Waals surface area (Å²) in [5.41, 5.74) is 0.992. The van der Waals surface area contributed by atoms with Crippen LogP contribution in [0.4, 0.5) is 4.79 Å². The van der Waals surface area contributed by atoms with Crippen molar-refractivity contribution in [2.75, 3.05) is 7.05 Å². The van der Waals surface area contributed by atoms with Gasteiger partial charge in [0, 0.05) is 12.6 Å². The molecule has 1 aromatic rings. The van der Waals surface area contributed by atoms with Gasteiger partial charge in [-0.15, -0.1) is 0 Å². The molecule has 1 heterocycles. The van der Waals surface area contributed by atoms with E-state index in [1.54, 1.807) is 7.05 Å². The van der Waals surface area contributed by atoms with Crippen LogP contribution in [-0.4, -0.2) is 18.1 Å². The monoisotopic (exact) mass is 178 g/mol. The van der Waals surface area contributed by atoms with Gasteiger partial charge in [-0.25, -0.2) is 9.63 Å². The average Bonchev–Trinajstić information content (AvgIpc) is 2.98. The van der Waals surface area contributed by atoms with Gasteiger partial charge in [-0.1, -0.05) is 30.3 Å². The molecule has 0 spiro atoms. The number of carbonyl (C=O) groups excluding carboxylic acids is 1. The highest BCUT2D eigenvalue weighted by Crippen LogP contribution is 2.36. The maximum atomic E-state index is 11.0. The number of benzene rings is 1. The molecule has 1 aromatic carbocycles. The molecule has 4 heteroatoms. The second-order valence-corrected chi connectivity index (χ2v) is 2.75.